The van der Waals surface area contributed by atoms with Gasteiger partial charge in [-0.05, 0) is 23.3 Å². The van der Waals surface area contributed by atoms with Crippen LogP contribution < -0.4 is 0 Å². The van der Waals surface area contributed by atoms with E-state index in [0.717, 1.165) is 11.3 Å². The van der Waals surface area contributed by atoms with Gasteiger partial charge < -0.3 is 14.8 Å². The molecule has 1 N–H and O–H groups in total. The summed E-state index contributed by atoms with van der Waals surface area (Å²) in [6.45, 7) is 4.42. The maximum absolute atomic E-state index is 12.5. The summed E-state index contributed by atoms with van der Waals surface area (Å²) in [5, 5.41) is 12.2. The predicted octanol–water partition coefficient (Wildman–Crippen LogP) is 2.03. The van der Waals surface area contributed by atoms with Crippen molar-refractivity contribution in [1.29, 1.82) is 0 Å². The molecule has 5 nitrogen and oxygen atoms in total. The molecule has 5 heteroatoms. The summed E-state index contributed by atoms with van der Waals surface area (Å²) in [5.74, 6) is 0.152. The standard InChI is InChI=1S/C15H18N2O3/c1-10-7-17(5-4-14(10)16-19)15(18)11-2-3-12-8-20-9-13(12)6-11/h2-3,6,10,19H,4-5,7-9H2,1H3/b16-14+. The van der Waals surface area contributed by atoms with Crippen LogP contribution in [0.1, 0.15) is 34.8 Å². The first-order valence-electron chi connectivity index (χ1n) is 6.88. The lowest BCUT2D eigenvalue weighted by molar-refractivity contribution is 0.0734. The molecule has 2 aliphatic rings. The predicted molar refractivity (Wildman–Crippen MR) is 73.8 cm³/mol. The van der Waals surface area contributed by atoms with Crippen LogP contribution >= 0.6 is 0 Å². The van der Waals surface area contributed by atoms with Crippen LogP contribution in [-0.2, 0) is 18.0 Å². The van der Waals surface area contributed by atoms with Crippen LogP contribution in [0, 0.1) is 5.92 Å². The van der Waals surface area contributed by atoms with Crippen LogP contribution in [0.5, 0.6) is 0 Å². The van der Waals surface area contributed by atoms with Crippen molar-refractivity contribution in [3.63, 3.8) is 0 Å². The molecule has 1 amide bonds. The van der Waals surface area contributed by atoms with Gasteiger partial charge in [0, 0.05) is 31.0 Å². The molecule has 0 radical (unpaired) electrons. The molecule has 2 aliphatic heterocycles. The number of nitrogens with zero attached hydrogens (tertiary/aromatic N) is 2. The molecule has 1 fully saturated rings. The first-order valence-corrected chi connectivity index (χ1v) is 6.88. The highest BCUT2D eigenvalue weighted by Crippen LogP contribution is 2.23. The molecule has 1 unspecified atom stereocenters. The van der Waals surface area contributed by atoms with E-state index in [1.165, 1.54) is 5.56 Å². The van der Waals surface area contributed by atoms with Crippen molar-refractivity contribution in [2.75, 3.05) is 13.1 Å². The van der Waals surface area contributed by atoms with Gasteiger partial charge in [-0.2, -0.15) is 0 Å². The van der Waals surface area contributed by atoms with Crippen molar-refractivity contribution in [2.24, 2.45) is 11.1 Å². The topological polar surface area (TPSA) is 62.1 Å². The molecule has 106 valence electrons. The molecular formula is C15H18N2O3. The van der Waals surface area contributed by atoms with Gasteiger partial charge in [0.2, 0.25) is 0 Å². The van der Waals surface area contributed by atoms with Crippen molar-refractivity contribution in [1.82, 2.24) is 4.90 Å². The summed E-state index contributed by atoms with van der Waals surface area (Å²) >= 11 is 0. The first-order chi connectivity index (χ1) is 9.69. The number of oxime groups is 1. The summed E-state index contributed by atoms with van der Waals surface area (Å²) in [4.78, 5) is 14.4. The van der Waals surface area contributed by atoms with Crippen LogP contribution in [0.25, 0.3) is 0 Å². The Morgan fingerprint density at radius 3 is 2.95 bits per heavy atom. The fourth-order valence-electron chi connectivity index (χ4n) is 2.84. The minimum Gasteiger partial charge on any atom is -0.411 e. The van der Waals surface area contributed by atoms with Crippen LogP contribution in [0.15, 0.2) is 23.4 Å². The molecule has 0 saturated carbocycles. The second kappa shape index (κ2) is 5.25. The molecule has 1 aromatic carbocycles. The third-order valence-electron chi connectivity index (χ3n) is 4.08. The van der Waals surface area contributed by atoms with Crippen LogP contribution in [0.4, 0.5) is 0 Å². The van der Waals surface area contributed by atoms with Gasteiger partial charge in [-0.15, -0.1) is 0 Å². The number of ether oxygens (including phenoxy) is 1. The number of benzene rings is 1. The second-order valence-electron chi connectivity index (χ2n) is 5.47. The number of hydrogen-bond acceptors (Lipinski definition) is 4. The lowest BCUT2D eigenvalue weighted by atomic mass is 9.96. The van der Waals surface area contributed by atoms with E-state index in [0.29, 0.717) is 38.3 Å². The van der Waals surface area contributed by atoms with Crippen molar-refractivity contribution in [3.8, 4) is 0 Å². The number of carbonyl (C=O) groups excluding carboxylic acids is 1. The molecule has 3 rings (SSSR count). The Morgan fingerprint density at radius 1 is 1.40 bits per heavy atom. The Bertz CT molecular complexity index is 568. The monoisotopic (exact) mass is 274 g/mol. The molecule has 0 aromatic heterocycles. The van der Waals surface area contributed by atoms with Crippen LogP contribution in [0.3, 0.4) is 0 Å². The van der Waals surface area contributed by atoms with E-state index in [9.17, 15) is 4.79 Å². The van der Waals surface area contributed by atoms with Crippen molar-refractivity contribution < 1.29 is 14.7 Å². The van der Waals surface area contributed by atoms with E-state index in [4.69, 9.17) is 9.94 Å². The van der Waals surface area contributed by atoms with E-state index in [-0.39, 0.29) is 11.8 Å². The first kappa shape index (κ1) is 13.1. The molecular weight excluding hydrogens is 256 g/mol. The molecule has 2 heterocycles. The Balaban J connectivity index is 1.76. The van der Waals surface area contributed by atoms with E-state index < -0.39 is 0 Å². The molecule has 1 aromatic rings. The van der Waals surface area contributed by atoms with Gasteiger partial charge >= 0.3 is 0 Å². The minimum absolute atomic E-state index is 0.0449. The minimum atomic E-state index is 0.0449. The average molecular weight is 274 g/mol. The molecule has 0 spiro atoms. The van der Waals surface area contributed by atoms with Gasteiger partial charge in [0.05, 0.1) is 18.9 Å². The number of likely N-dealkylation sites (tertiary alicyclic amines) is 1. The van der Waals surface area contributed by atoms with Crippen molar-refractivity contribution in [3.05, 3.63) is 34.9 Å². The molecule has 0 bridgehead atoms. The second-order valence-corrected chi connectivity index (χ2v) is 5.47. The number of rotatable bonds is 1. The lowest BCUT2D eigenvalue weighted by Crippen LogP contribution is -2.43. The smallest absolute Gasteiger partial charge is 0.253 e. The van der Waals surface area contributed by atoms with Crippen LogP contribution in [0.2, 0.25) is 0 Å². The fourth-order valence-corrected chi connectivity index (χ4v) is 2.84. The lowest BCUT2D eigenvalue weighted by Gasteiger charge is -2.31. The summed E-state index contributed by atoms with van der Waals surface area (Å²) in [6.07, 6.45) is 0.636. The zero-order chi connectivity index (χ0) is 14.1. The van der Waals surface area contributed by atoms with Crippen LogP contribution in [-0.4, -0.2) is 34.8 Å². The largest absolute Gasteiger partial charge is 0.411 e. The third-order valence-corrected chi connectivity index (χ3v) is 4.08. The maximum Gasteiger partial charge on any atom is 0.253 e. The Kier molecular flexibility index (Phi) is 3.44. The molecule has 0 aliphatic carbocycles. The van der Waals surface area contributed by atoms with E-state index in [1.54, 1.807) is 0 Å². The normalized spacial score (nSPS) is 23.9. The van der Waals surface area contributed by atoms with E-state index in [2.05, 4.69) is 5.16 Å². The van der Waals surface area contributed by atoms with Gasteiger partial charge in [-0.25, -0.2) is 0 Å². The number of hydrogen-bond donors (Lipinski definition) is 1. The Morgan fingerprint density at radius 2 is 2.20 bits per heavy atom. The quantitative estimate of drug-likeness (QED) is 0.629. The zero-order valence-electron chi connectivity index (χ0n) is 11.5. The van der Waals surface area contributed by atoms with Crippen molar-refractivity contribution >= 4 is 11.6 Å². The number of amides is 1. The number of fused-ring (bicyclic) bond motifs is 1. The Hall–Kier alpha value is -1.88. The number of piperidine rings is 1. The highest BCUT2D eigenvalue weighted by molar-refractivity contribution is 5.96. The molecule has 1 saturated heterocycles. The fraction of sp³-hybridized carbons (Fsp3) is 0.467. The summed E-state index contributed by atoms with van der Waals surface area (Å²) in [7, 11) is 0. The van der Waals surface area contributed by atoms with Gasteiger partial charge in [0.15, 0.2) is 0 Å². The molecule has 20 heavy (non-hydrogen) atoms. The van der Waals surface area contributed by atoms with Gasteiger partial charge in [0.25, 0.3) is 5.91 Å². The molecule has 1 atom stereocenters. The maximum atomic E-state index is 12.5. The zero-order valence-corrected chi connectivity index (χ0v) is 11.5. The number of carbonyl (C=O) groups is 1. The van der Waals surface area contributed by atoms with E-state index >= 15 is 0 Å². The van der Waals surface area contributed by atoms with Gasteiger partial charge in [0.1, 0.15) is 0 Å². The SMILES string of the molecule is CC1CN(C(=O)c2ccc3c(c2)COC3)CC/C1=N\O. The summed E-state index contributed by atoms with van der Waals surface area (Å²) in [5.41, 5.74) is 3.77. The average Bonchev–Trinajstić information content (AvgIpc) is 2.93. The Labute approximate surface area is 117 Å². The van der Waals surface area contributed by atoms with Gasteiger partial charge in [-0.1, -0.05) is 18.1 Å². The van der Waals surface area contributed by atoms with Gasteiger partial charge in [-0.3, -0.25) is 4.79 Å². The van der Waals surface area contributed by atoms with Crippen molar-refractivity contribution in [2.45, 2.75) is 26.6 Å². The summed E-state index contributed by atoms with van der Waals surface area (Å²) in [6, 6.07) is 5.78. The third kappa shape index (κ3) is 2.29. The highest BCUT2D eigenvalue weighted by Gasteiger charge is 2.27. The summed E-state index contributed by atoms with van der Waals surface area (Å²) < 4.78 is 5.37. The van der Waals surface area contributed by atoms with E-state index in [1.807, 2.05) is 30.0 Å². The highest BCUT2D eigenvalue weighted by atomic mass is 16.5.